The van der Waals surface area contributed by atoms with Crippen molar-refractivity contribution in [3.8, 4) is 0 Å². The van der Waals surface area contributed by atoms with Crippen LogP contribution < -0.4 is 10.9 Å². The van der Waals surface area contributed by atoms with E-state index >= 15 is 0 Å². The zero-order valence-corrected chi connectivity index (χ0v) is 13.7. The average Bonchev–Trinajstić information content (AvgIpc) is 3.02. The summed E-state index contributed by atoms with van der Waals surface area (Å²) in [6, 6.07) is 0. The molecule has 2 aliphatic heterocycles. The van der Waals surface area contributed by atoms with Gasteiger partial charge in [0.15, 0.2) is 9.84 Å². The van der Waals surface area contributed by atoms with Gasteiger partial charge in [-0.25, -0.2) is 13.4 Å². The number of hydrogen-bond acceptors (Lipinski definition) is 6. The predicted octanol–water partition coefficient (Wildman–Crippen LogP) is 0.538. The third kappa shape index (κ3) is 2.39. The molecule has 0 bridgehead atoms. The fourth-order valence-corrected chi connectivity index (χ4v) is 6.37. The highest BCUT2D eigenvalue weighted by Gasteiger charge is 2.29. The number of aromatic nitrogens is 2. The van der Waals surface area contributed by atoms with Gasteiger partial charge in [0.1, 0.15) is 4.83 Å². The molecule has 2 aromatic rings. The number of sulfone groups is 1. The minimum Gasteiger partial charge on any atom is -0.312 e. The third-order valence-corrected chi connectivity index (χ3v) is 7.46. The summed E-state index contributed by atoms with van der Waals surface area (Å²) in [5.74, 6) is 0.447. The first kappa shape index (κ1) is 14.3. The number of nitrogens with one attached hydrogen (secondary N) is 1. The summed E-state index contributed by atoms with van der Waals surface area (Å²) in [7, 11) is -2.92. The van der Waals surface area contributed by atoms with Crippen LogP contribution in [0.3, 0.4) is 0 Å². The quantitative estimate of drug-likeness (QED) is 0.864. The van der Waals surface area contributed by atoms with Gasteiger partial charge in [-0.3, -0.25) is 9.36 Å². The summed E-state index contributed by atoms with van der Waals surface area (Å²) >= 11 is 1.58. The minimum atomic E-state index is -2.92. The molecule has 8 heteroatoms. The maximum atomic E-state index is 12.8. The van der Waals surface area contributed by atoms with Crippen LogP contribution in [0.4, 0.5) is 0 Å². The van der Waals surface area contributed by atoms with Gasteiger partial charge in [0, 0.05) is 18.0 Å². The first-order valence-electron chi connectivity index (χ1n) is 7.44. The van der Waals surface area contributed by atoms with Gasteiger partial charge in [-0.2, -0.15) is 0 Å². The Bertz CT molecular complexity index is 898. The van der Waals surface area contributed by atoms with Crippen molar-refractivity contribution in [1.82, 2.24) is 14.9 Å². The van der Waals surface area contributed by atoms with Gasteiger partial charge < -0.3 is 5.32 Å². The van der Waals surface area contributed by atoms with E-state index in [1.807, 2.05) is 0 Å². The van der Waals surface area contributed by atoms with E-state index in [1.54, 1.807) is 22.2 Å². The van der Waals surface area contributed by atoms with Gasteiger partial charge >= 0.3 is 0 Å². The van der Waals surface area contributed by atoms with E-state index in [9.17, 15) is 13.2 Å². The molecule has 118 valence electrons. The van der Waals surface area contributed by atoms with Crippen molar-refractivity contribution < 1.29 is 8.42 Å². The van der Waals surface area contributed by atoms with E-state index in [1.165, 1.54) is 4.88 Å². The van der Waals surface area contributed by atoms with Gasteiger partial charge in [0.2, 0.25) is 0 Å². The number of nitrogens with zero attached hydrogens (tertiary/aromatic N) is 2. The van der Waals surface area contributed by atoms with Crippen LogP contribution in [0.15, 0.2) is 11.1 Å². The Morgan fingerprint density at radius 3 is 3.09 bits per heavy atom. The first-order valence-corrected chi connectivity index (χ1v) is 10.1. The summed E-state index contributed by atoms with van der Waals surface area (Å²) in [5.41, 5.74) is 1.11. The predicted molar refractivity (Wildman–Crippen MR) is 86.1 cm³/mol. The molecule has 22 heavy (non-hydrogen) atoms. The Kier molecular flexibility index (Phi) is 3.35. The van der Waals surface area contributed by atoms with Gasteiger partial charge in [0.05, 0.1) is 23.2 Å². The average molecular weight is 339 g/mol. The van der Waals surface area contributed by atoms with Crippen molar-refractivity contribution >= 4 is 31.4 Å². The molecule has 0 unspecified atom stereocenters. The van der Waals surface area contributed by atoms with Crippen LogP contribution in [0.25, 0.3) is 10.2 Å². The van der Waals surface area contributed by atoms with Crippen LogP contribution in [0.5, 0.6) is 0 Å². The second-order valence-electron chi connectivity index (χ2n) is 6.08. The highest BCUT2D eigenvalue weighted by atomic mass is 32.2. The smallest absolute Gasteiger partial charge is 0.262 e. The molecule has 1 N–H and O–H groups in total. The standard InChI is InChI=1S/C14H17N3O3S2/c18-14-12-10-1-3-15-5-11(10)21-13(12)16-8-17(14)6-9-2-4-22(19,20)7-9/h8-9,15H,1-7H2/t9-/m0/s1. The van der Waals surface area contributed by atoms with E-state index in [-0.39, 0.29) is 23.0 Å². The number of rotatable bonds is 2. The van der Waals surface area contributed by atoms with Gasteiger partial charge in [0.25, 0.3) is 5.56 Å². The Labute approximate surface area is 132 Å². The molecule has 6 nitrogen and oxygen atoms in total. The van der Waals surface area contributed by atoms with Crippen molar-refractivity contribution in [2.24, 2.45) is 5.92 Å². The molecule has 4 rings (SSSR count). The summed E-state index contributed by atoms with van der Waals surface area (Å²) in [5, 5.41) is 4.05. The summed E-state index contributed by atoms with van der Waals surface area (Å²) in [6.45, 7) is 2.13. The lowest BCUT2D eigenvalue weighted by Gasteiger charge is -2.13. The molecule has 2 aromatic heterocycles. The van der Waals surface area contributed by atoms with E-state index in [4.69, 9.17) is 0 Å². The second-order valence-corrected chi connectivity index (χ2v) is 9.39. The van der Waals surface area contributed by atoms with Crippen molar-refractivity contribution in [2.45, 2.75) is 25.9 Å². The fraction of sp³-hybridized carbons (Fsp3) is 0.571. The van der Waals surface area contributed by atoms with Crippen LogP contribution in [0.1, 0.15) is 16.9 Å². The van der Waals surface area contributed by atoms with Crippen LogP contribution in [-0.2, 0) is 29.3 Å². The fourth-order valence-electron chi connectivity index (χ4n) is 3.37. The number of thiophene rings is 1. The second kappa shape index (κ2) is 5.14. The first-order chi connectivity index (χ1) is 10.5. The van der Waals surface area contributed by atoms with E-state index in [0.717, 1.165) is 35.3 Å². The molecular formula is C14H17N3O3S2. The molecule has 1 fully saturated rings. The zero-order valence-electron chi connectivity index (χ0n) is 12.0. The zero-order chi connectivity index (χ0) is 15.3. The lowest BCUT2D eigenvalue weighted by atomic mass is 10.1. The van der Waals surface area contributed by atoms with E-state index < -0.39 is 9.84 Å². The van der Waals surface area contributed by atoms with Gasteiger partial charge in [-0.15, -0.1) is 11.3 Å². The minimum absolute atomic E-state index is 0.0197. The van der Waals surface area contributed by atoms with Crippen molar-refractivity contribution in [1.29, 1.82) is 0 Å². The number of hydrogen-bond donors (Lipinski definition) is 1. The van der Waals surface area contributed by atoms with Crippen molar-refractivity contribution in [3.63, 3.8) is 0 Å². The largest absolute Gasteiger partial charge is 0.312 e. The highest BCUT2D eigenvalue weighted by molar-refractivity contribution is 7.91. The molecule has 0 spiro atoms. The molecule has 0 aliphatic carbocycles. The monoisotopic (exact) mass is 339 g/mol. The maximum Gasteiger partial charge on any atom is 0.262 e. The third-order valence-electron chi connectivity index (χ3n) is 4.48. The summed E-state index contributed by atoms with van der Waals surface area (Å²) < 4.78 is 24.7. The Morgan fingerprint density at radius 2 is 2.32 bits per heavy atom. The summed E-state index contributed by atoms with van der Waals surface area (Å²) in [6.07, 6.45) is 3.07. The molecule has 4 heterocycles. The molecule has 0 amide bonds. The molecule has 1 saturated heterocycles. The topological polar surface area (TPSA) is 81.1 Å². The summed E-state index contributed by atoms with van der Waals surface area (Å²) in [4.78, 5) is 19.2. The Hall–Kier alpha value is -1.25. The molecule has 2 aliphatic rings. The van der Waals surface area contributed by atoms with Crippen molar-refractivity contribution in [3.05, 3.63) is 27.1 Å². The van der Waals surface area contributed by atoms with Gasteiger partial charge in [-0.1, -0.05) is 0 Å². The molecule has 1 atom stereocenters. The Balaban J connectivity index is 1.73. The highest BCUT2D eigenvalue weighted by Crippen LogP contribution is 2.29. The van der Waals surface area contributed by atoms with Crippen LogP contribution in [0.2, 0.25) is 0 Å². The molecule has 0 saturated carbocycles. The Morgan fingerprint density at radius 1 is 1.45 bits per heavy atom. The van der Waals surface area contributed by atoms with Crippen LogP contribution in [0, 0.1) is 5.92 Å². The van der Waals surface area contributed by atoms with Crippen LogP contribution >= 0.6 is 11.3 Å². The number of fused-ring (bicyclic) bond motifs is 3. The maximum absolute atomic E-state index is 12.8. The van der Waals surface area contributed by atoms with Gasteiger partial charge in [-0.05, 0) is 30.9 Å². The lowest BCUT2D eigenvalue weighted by molar-refractivity contribution is 0.479. The lowest BCUT2D eigenvalue weighted by Crippen LogP contribution is -2.27. The van der Waals surface area contributed by atoms with E-state index in [2.05, 4.69) is 10.3 Å². The SMILES string of the molecule is O=c1c2c3c(sc2ncn1C[C@@H]1CCS(=O)(=O)C1)CNCC3. The molecular weight excluding hydrogens is 322 g/mol. The normalized spacial score (nSPS) is 23.7. The molecule has 0 aromatic carbocycles. The van der Waals surface area contributed by atoms with Crippen molar-refractivity contribution in [2.75, 3.05) is 18.1 Å². The van der Waals surface area contributed by atoms with Crippen LogP contribution in [-0.4, -0.2) is 36.0 Å². The van der Waals surface area contributed by atoms with E-state index in [0.29, 0.717) is 13.0 Å². The molecule has 0 radical (unpaired) electrons.